The number of aliphatic hydroxyl groups is 2. The third kappa shape index (κ3) is 0.921. The van der Waals surface area contributed by atoms with Crippen LogP contribution in [0.4, 0.5) is 0 Å². The standard InChI is InChI=1S/C8H13NO5/c1-6(2)7(3,13)4(10)9-8(6,14)5(11)12/h13-14H,1-3H3,(H,9,10)(H,11,12)/t7-,8-/m0/s1. The monoisotopic (exact) mass is 203 g/mol. The van der Waals surface area contributed by atoms with Crippen LogP contribution in [0.1, 0.15) is 20.8 Å². The van der Waals surface area contributed by atoms with Gasteiger partial charge in [-0.05, 0) is 6.92 Å². The van der Waals surface area contributed by atoms with E-state index in [9.17, 15) is 19.8 Å². The van der Waals surface area contributed by atoms with E-state index in [-0.39, 0.29) is 0 Å². The third-order valence-corrected chi connectivity index (χ3v) is 3.17. The summed E-state index contributed by atoms with van der Waals surface area (Å²) in [6, 6.07) is 0. The number of amides is 1. The van der Waals surface area contributed by atoms with E-state index >= 15 is 0 Å². The van der Waals surface area contributed by atoms with Gasteiger partial charge in [0.2, 0.25) is 5.72 Å². The summed E-state index contributed by atoms with van der Waals surface area (Å²) in [5.74, 6) is -2.49. The highest BCUT2D eigenvalue weighted by atomic mass is 16.4. The molecule has 14 heavy (non-hydrogen) atoms. The van der Waals surface area contributed by atoms with Gasteiger partial charge in [-0.25, -0.2) is 4.79 Å². The largest absolute Gasteiger partial charge is 0.478 e. The van der Waals surface area contributed by atoms with Crippen molar-refractivity contribution in [1.82, 2.24) is 5.32 Å². The summed E-state index contributed by atoms with van der Waals surface area (Å²) in [7, 11) is 0. The second kappa shape index (κ2) is 2.46. The van der Waals surface area contributed by atoms with Gasteiger partial charge in [-0.2, -0.15) is 0 Å². The van der Waals surface area contributed by atoms with Crippen LogP contribution in [-0.4, -0.2) is 38.5 Å². The molecule has 0 aromatic carbocycles. The fraction of sp³-hybridized carbons (Fsp3) is 0.750. The van der Waals surface area contributed by atoms with Crippen LogP contribution in [0, 0.1) is 5.41 Å². The van der Waals surface area contributed by atoms with Crippen LogP contribution in [0.3, 0.4) is 0 Å². The molecule has 0 aromatic rings. The van der Waals surface area contributed by atoms with E-state index in [0.29, 0.717) is 0 Å². The van der Waals surface area contributed by atoms with Crippen molar-refractivity contribution < 1.29 is 24.9 Å². The zero-order valence-electron chi connectivity index (χ0n) is 8.16. The first kappa shape index (κ1) is 10.9. The smallest absolute Gasteiger partial charge is 0.357 e. The van der Waals surface area contributed by atoms with Crippen LogP contribution in [0.25, 0.3) is 0 Å². The number of rotatable bonds is 1. The summed E-state index contributed by atoms with van der Waals surface area (Å²) in [4.78, 5) is 22.0. The van der Waals surface area contributed by atoms with Crippen LogP contribution < -0.4 is 5.32 Å². The van der Waals surface area contributed by atoms with Crippen molar-refractivity contribution in [3.63, 3.8) is 0 Å². The molecule has 0 bridgehead atoms. The maximum Gasteiger partial charge on any atom is 0.357 e. The van der Waals surface area contributed by atoms with Gasteiger partial charge < -0.3 is 20.6 Å². The fourth-order valence-electron chi connectivity index (χ4n) is 1.40. The Morgan fingerprint density at radius 3 is 1.86 bits per heavy atom. The lowest BCUT2D eigenvalue weighted by Crippen LogP contribution is -2.59. The van der Waals surface area contributed by atoms with E-state index in [2.05, 4.69) is 0 Å². The van der Waals surface area contributed by atoms with Crippen LogP contribution in [-0.2, 0) is 9.59 Å². The number of carboxylic acids is 1. The molecule has 4 N–H and O–H groups in total. The normalized spacial score (nSPS) is 40.8. The molecule has 0 saturated carbocycles. The van der Waals surface area contributed by atoms with Gasteiger partial charge in [0.1, 0.15) is 0 Å². The molecule has 1 aliphatic rings. The summed E-state index contributed by atoms with van der Waals surface area (Å²) in [6.07, 6.45) is 0. The number of carboxylic acid groups (broad SMARTS) is 1. The molecule has 0 radical (unpaired) electrons. The molecule has 80 valence electrons. The second-order valence-corrected chi connectivity index (χ2v) is 4.17. The van der Waals surface area contributed by atoms with Gasteiger partial charge in [-0.15, -0.1) is 0 Å². The zero-order chi connectivity index (χ0) is 11.4. The predicted molar refractivity (Wildman–Crippen MR) is 45.1 cm³/mol. The Kier molecular flexibility index (Phi) is 1.92. The topological polar surface area (TPSA) is 107 Å². The minimum Gasteiger partial charge on any atom is -0.478 e. The van der Waals surface area contributed by atoms with Gasteiger partial charge >= 0.3 is 5.97 Å². The quantitative estimate of drug-likeness (QED) is 0.422. The Hall–Kier alpha value is -1.14. The van der Waals surface area contributed by atoms with Crippen LogP contribution >= 0.6 is 0 Å². The van der Waals surface area contributed by atoms with Crippen LogP contribution in [0.5, 0.6) is 0 Å². The van der Waals surface area contributed by atoms with Crippen molar-refractivity contribution in [2.24, 2.45) is 5.41 Å². The van der Waals surface area contributed by atoms with Crippen molar-refractivity contribution in [1.29, 1.82) is 0 Å². The summed E-state index contributed by atoms with van der Waals surface area (Å²) >= 11 is 0. The highest BCUT2D eigenvalue weighted by molar-refractivity contribution is 5.96. The van der Waals surface area contributed by atoms with Gasteiger partial charge in [0.05, 0.1) is 5.41 Å². The molecule has 0 spiro atoms. The molecule has 1 aliphatic heterocycles. The number of carbonyl (C=O) groups is 2. The first-order chi connectivity index (χ1) is 6.07. The van der Waals surface area contributed by atoms with E-state index in [1.54, 1.807) is 0 Å². The molecule has 6 nitrogen and oxygen atoms in total. The lowest BCUT2D eigenvalue weighted by atomic mass is 9.72. The molecule has 0 unspecified atom stereocenters. The van der Waals surface area contributed by atoms with E-state index in [0.717, 1.165) is 0 Å². The number of carbonyl (C=O) groups excluding carboxylic acids is 1. The maximum absolute atomic E-state index is 11.2. The predicted octanol–water partition coefficient (Wildman–Crippen LogP) is -1.33. The molecule has 0 aliphatic carbocycles. The van der Waals surface area contributed by atoms with E-state index in [4.69, 9.17) is 5.11 Å². The third-order valence-electron chi connectivity index (χ3n) is 3.17. The van der Waals surface area contributed by atoms with E-state index in [1.165, 1.54) is 20.8 Å². The maximum atomic E-state index is 11.2. The molecule has 0 aromatic heterocycles. The molecule has 1 saturated heterocycles. The average Bonchev–Trinajstić information content (AvgIpc) is 2.12. The van der Waals surface area contributed by atoms with Gasteiger partial charge in [0, 0.05) is 0 Å². The highest BCUT2D eigenvalue weighted by Gasteiger charge is 2.69. The Labute approximate surface area is 80.5 Å². The fourth-order valence-corrected chi connectivity index (χ4v) is 1.40. The number of nitrogens with one attached hydrogen (secondary N) is 1. The van der Waals surface area contributed by atoms with Gasteiger partial charge in [-0.1, -0.05) is 13.8 Å². The van der Waals surface area contributed by atoms with E-state index in [1.807, 2.05) is 5.32 Å². The molecule has 1 fully saturated rings. The molecule has 6 heteroatoms. The Balaban J connectivity index is 3.31. The second-order valence-electron chi connectivity index (χ2n) is 4.17. The Morgan fingerprint density at radius 2 is 1.71 bits per heavy atom. The summed E-state index contributed by atoms with van der Waals surface area (Å²) in [5.41, 5.74) is -5.86. The molecule has 1 heterocycles. The lowest BCUT2D eigenvalue weighted by Gasteiger charge is -2.36. The number of aliphatic carboxylic acids is 1. The van der Waals surface area contributed by atoms with Gasteiger partial charge in [0.25, 0.3) is 5.91 Å². The Bertz CT molecular complexity index is 309. The number of hydrogen-bond donors (Lipinski definition) is 4. The Morgan fingerprint density at radius 1 is 1.29 bits per heavy atom. The van der Waals surface area contributed by atoms with Crippen molar-refractivity contribution in [3.05, 3.63) is 0 Å². The summed E-state index contributed by atoms with van der Waals surface area (Å²) in [6.45, 7) is 3.78. The molecular weight excluding hydrogens is 190 g/mol. The first-order valence-electron chi connectivity index (χ1n) is 4.08. The first-order valence-corrected chi connectivity index (χ1v) is 4.08. The molecular formula is C8H13NO5. The molecule has 1 rings (SSSR count). The van der Waals surface area contributed by atoms with Crippen molar-refractivity contribution >= 4 is 11.9 Å². The van der Waals surface area contributed by atoms with E-state index < -0.39 is 28.6 Å². The minimum absolute atomic E-state index is 0.896. The number of hydrogen-bond acceptors (Lipinski definition) is 4. The molecule has 1 amide bonds. The lowest BCUT2D eigenvalue weighted by molar-refractivity contribution is -0.184. The van der Waals surface area contributed by atoms with Crippen LogP contribution in [0.15, 0.2) is 0 Å². The van der Waals surface area contributed by atoms with Crippen molar-refractivity contribution in [3.8, 4) is 0 Å². The summed E-state index contributed by atoms with van der Waals surface area (Å²) < 4.78 is 0. The zero-order valence-corrected chi connectivity index (χ0v) is 8.16. The van der Waals surface area contributed by atoms with Gasteiger partial charge in [-0.3, -0.25) is 4.79 Å². The van der Waals surface area contributed by atoms with Gasteiger partial charge in [0.15, 0.2) is 5.60 Å². The van der Waals surface area contributed by atoms with Crippen LogP contribution in [0.2, 0.25) is 0 Å². The molecule has 2 atom stereocenters. The minimum atomic E-state index is -2.44. The average molecular weight is 203 g/mol. The summed E-state index contributed by atoms with van der Waals surface area (Å²) in [5, 5.41) is 30.1. The highest BCUT2D eigenvalue weighted by Crippen LogP contribution is 2.45. The van der Waals surface area contributed by atoms with Crippen molar-refractivity contribution in [2.45, 2.75) is 32.1 Å². The SMILES string of the molecule is CC1(C)[C@@](C)(O)C(=O)N[C@]1(O)C(=O)O. The van der Waals surface area contributed by atoms with Crippen molar-refractivity contribution in [2.75, 3.05) is 0 Å².